The largest absolute Gasteiger partial charge is 0.361 e. The van der Waals surface area contributed by atoms with E-state index in [0.29, 0.717) is 12.0 Å². The molecule has 2 nitrogen and oxygen atoms in total. The van der Waals surface area contributed by atoms with Crippen LogP contribution in [0.1, 0.15) is 38.7 Å². The van der Waals surface area contributed by atoms with Crippen LogP contribution in [0.4, 0.5) is 0 Å². The van der Waals surface area contributed by atoms with Gasteiger partial charge in [0.15, 0.2) is 0 Å². The fraction of sp³-hybridized carbons (Fsp3) is 0.556. The summed E-state index contributed by atoms with van der Waals surface area (Å²) in [5.74, 6) is 0.676. The number of allylic oxidation sites excluding steroid dienone is 1. The van der Waals surface area contributed by atoms with Crippen LogP contribution in [0.25, 0.3) is 11.6 Å². The van der Waals surface area contributed by atoms with Crippen LogP contribution < -0.4 is 10.6 Å². The van der Waals surface area contributed by atoms with E-state index < -0.39 is 0 Å². The predicted molar refractivity (Wildman–Crippen MR) is 85.9 cm³/mol. The van der Waals surface area contributed by atoms with Crippen molar-refractivity contribution in [2.24, 2.45) is 5.92 Å². The number of nitrogens with zero attached hydrogens (tertiary/aromatic N) is 1. The topological polar surface area (TPSA) is 19.0 Å². The molecule has 0 spiro atoms. The fourth-order valence-corrected chi connectivity index (χ4v) is 4.20. The third-order valence-corrected chi connectivity index (χ3v) is 5.02. The van der Waals surface area contributed by atoms with E-state index in [1.807, 2.05) is 0 Å². The highest BCUT2D eigenvalue weighted by atomic mass is 15.2. The van der Waals surface area contributed by atoms with E-state index in [4.69, 9.17) is 0 Å². The van der Waals surface area contributed by atoms with Crippen LogP contribution in [0, 0.1) is 5.92 Å². The molecule has 2 atom stereocenters. The number of H-pyrrole nitrogens is 1. The van der Waals surface area contributed by atoms with Crippen molar-refractivity contribution in [3.05, 3.63) is 35.0 Å². The smallest absolute Gasteiger partial charge is 0.0416 e. The first kappa shape index (κ1) is 13.7. The number of likely N-dealkylation sites (tertiary alicyclic amines) is 1. The Hall–Kier alpha value is -1.28. The Bertz CT molecular complexity index is 606. The van der Waals surface area contributed by atoms with Crippen LogP contribution in [0.5, 0.6) is 0 Å². The molecule has 0 aromatic carbocycles. The summed E-state index contributed by atoms with van der Waals surface area (Å²) in [6.07, 6.45) is 11.6. The molecular weight excluding hydrogens is 244 g/mol. The Morgan fingerprint density at radius 1 is 1.50 bits per heavy atom. The summed E-state index contributed by atoms with van der Waals surface area (Å²) in [6, 6.07) is 0.685. The van der Waals surface area contributed by atoms with Crippen molar-refractivity contribution in [1.29, 1.82) is 0 Å². The van der Waals surface area contributed by atoms with E-state index in [1.54, 1.807) is 0 Å². The number of piperidine rings is 1. The second-order valence-corrected chi connectivity index (χ2v) is 6.11. The van der Waals surface area contributed by atoms with Gasteiger partial charge in [0.05, 0.1) is 0 Å². The minimum Gasteiger partial charge on any atom is -0.361 e. The van der Waals surface area contributed by atoms with Gasteiger partial charge in [-0.3, -0.25) is 4.90 Å². The Morgan fingerprint density at radius 2 is 2.35 bits per heavy atom. The van der Waals surface area contributed by atoms with Gasteiger partial charge in [-0.25, -0.2) is 0 Å². The van der Waals surface area contributed by atoms with Gasteiger partial charge in [0, 0.05) is 28.7 Å². The molecule has 1 unspecified atom stereocenters. The fourth-order valence-electron chi connectivity index (χ4n) is 4.20. The summed E-state index contributed by atoms with van der Waals surface area (Å²) >= 11 is 0. The van der Waals surface area contributed by atoms with E-state index in [0.717, 1.165) is 0 Å². The van der Waals surface area contributed by atoms with Crippen LogP contribution in [-0.4, -0.2) is 29.0 Å². The van der Waals surface area contributed by atoms with Crippen molar-refractivity contribution < 1.29 is 0 Å². The van der Waals surface area contributed by atoms with Crippen LogP contribution in [0.3, 0.4) is 0 Å². The zero-order valence-corrected chi connectivity index (χ0v) is 12.8. The summed E-state index contributed by atoms with van der Waals surface area (Å²) in [5, 5.41) is 2.73. The molecule has 0 bridgehead atoms. The quantitative estimate of drug-likeness (QED) is 0.892. The summed E-state index contributed by atoms with van der Waals surface area (Å²) < 4.78 is 0. The average Bonchev–Trinajstić information content (AvgIpc) is 2.88. The van der Waals surface area contributed by atoms with E-state index in [9.17, 15) is 0 Å². The van der Waals surface area contributed by atoms with Crippen molar-refractivity contribution >= 4 is 11.6 Å². The van der Waals surface area contributed by atoms with Gasteiger partial charge in [0.25, 0.3) is 0 Å². The highest BCUT2D eigenvalue weighted by Crippen LogP contribution is 2.34. The molecule has 1 aliphatic heterocycles. The summed E-state index contributed by atoms with van der Waals surface area (Å²) in [6.45, 7) is 11.0. The third kappa shape index (κ3) is 2.07. The number of rotatable bonds is 3. The molecule has 2 heteroatoms. The van der Waals surface area contributed by atoms with Gasteiger partial charge >= 0.3 is 0 Å². The van der Waals surface area contributed by atoms with Gasteiger partial charge in [-0.1, -0.05) is 25.7 Å². The van der Waals surface area contributed by atoms with Crippen molar-refractivity contribution in [1.82, 2.24) is 9.88 Å². The number of aromatic amines is 1. The van der Waals surface area contributed by atoms with Crippen molar-refractivity contribution in [3.8, 4) is 0 Å². The van der Waals surface area contributed by atoms with E-state index in [2.05, 4.69) is 48.7 Å². The molecule has 108 valence electrons. The predicted octanol–water partition coefficient (Wildman–Crippen LogP) is 2.20. The number of hydrogen-bond donors (Lipinski definition) is 1. The molecule has 1 fully saturated rings. The van der Waals surface area contributed by atoms with Crippen LogP contribution in [0.15, 0.2) is 18.9 Å². The molecular formula is C18H26N2. The first-order valence-electron chi connectivity index (χ1n) is 8.03. The highest BCUT2D eigenvalue weighted by Gasteiger charge is 2.36. The van der Waals surface area contributed by atoms with Gasteiger partial charge in [-0.05, 0) is 56.8 Å². The lowest BCUT2D eigenvalue weighted by atomic mass is 9.75. The minimum atomic E-state index is 0.676. The second-order valence-electron chi connectivity index (χ2n) is 6.11. The first-order chi connectivity index (χ1) is 9.80. The lowest BCUT2D eigenvalue weighted by Gasteiger charge is -2.44. The second kappa shape index (κ2) is 5.61. The summed E-state index contributed by atoms with van der Waals surface area (Å²) in [4.78, 5) is 6.16. The normalized spacial score (nSPS) is 27.3. The lowest BCUT2D eigenvalue weighted by molar-refractivity contribution is 0.115. The maximum absolute atomic E-state index is 4.12. The zero-order valence-electron chi connectivity index (χ0n) is 12.8. The van der Waals surface area contributed by atoms with Gasteiger partial charge < -0.3 is 4.98 Å². The zero-order chi connectivity index (χ0) is 14.1. The standard InChI is InChI=1S/C18H26N2/c1-4-9-20-10-7-8-15-14(5-2)18-13(11-17(15)20)12-19-16(18)6-3/h5-6,12,15,17,19H,2,4,7-11H2,1,3H3/b16-6+/t15?,17-/m1/s1. The number of nitrogens with one attached hydrogen (secondary N) is 1. The maximum atomic E-state index is 4.12. The number of fused-ring (bicyclic) bond motifs is 2. The number of hydrogen-bond acceptors (Lipinski definition) is 1. The van der Waals surface area contributed by atoms with Crippen molar-refractivity contribution in [2.45, 2.75) is 45.6 Å². The monoisotopic (exact) mass is 270 g/mol. The average molecular weight is 270 g/mol. The summed E-state index contributed by atoms with van der Waals surface area (Å²) in [5.41, 5.74) is 2.96. The molecule has 0 amide bonds. The van der Waals surface area contributed by atoms with Crippen LogP contribution >= 0.6 is 0 Å². The summed E-state index contributed by atoms with van der Waals surface area (Å²) in [7, 11) is 0. The molecule has 2 heterocycles. The Balaban J connectivity index is 2.11. The highest BCUT2D eigenvalue weighted by molar-refractivity contribution is 5.62. The van der Waals surface area contributed by atoms with Crippen LogP contribution in [0.2, 0.25) is 0 Å². The Morgan fingerprint density at radius 3 is 3.05 bits per heavy atom. The Labute approximate surface area is 121 Å². The van der Waals surface area contributed by atoms with Crippen LogP contribution in [-0.2, 0) is 6.42 Å². The minimum absolute atomic E-state index is 0.676. The Kier molecular flexibility index (Phi) is 3.84. The molecule has 1 aliphatic carbocycles. The first-order valence-corrected chi connectivity index (χ1v) is 8.03. The van der Waals surface area contributed by atoms with Gasteiger partial charge in [-0.2, -0.15) is 0 Å². The molecule has 1 N–H and O–H groups in total. The van der Waals surface area contributed by atoms with Gasteiger partial charge in [0.1, 0.15) is 0 Å². The molecule has 1 saturated heterocycles. The van der Waals surface area contributed by atoms with Gasteiger partial charge in [-0.15, -0.1) is 0 Å². The van der Waals surface area contributed by atoms with Gasteiger partial charge in [0.2, 0.25) is 0 Å². The van der Waals surface area contributed by atoms with E-state index >= 15 is 0 Å². The maximum Gasteiger partial charge on any atom is 0.0416 e. The molecule has 20 heavy (non-hydrogen) atoms. The number of aromatic nitrogens is 1. The molecule has 0 saturated carbocycles. The molecule has 1 aromatic heterocycles. The lowest BCUT2D eigenvalue weighted by Crippen LogP contribution is -2.51. The van der Waals surface area contributed by atoms with Crippen molar-refractivity contribution in [3.63, 3.8) is 0 Å². The molecule has 2 aliphatic rings. The molecule has 1 aromatic rings. The third-order valence-electron chi connectivity index (χ3n) is 5.02. The van der Waals surface area contributed by atoms with Crippen molar-refractivity contribution in [2.75, 3.05) is 13.1 Å². The molecule has 3 rings (SSSR count). The van der Waals surface area contributed by atoms with E-state index in [1.165, 1.54) is 60.5 Å². The molecule has 0 radical (unpaired) electrons. The van der Waals surface area contributed by atoms with E-state index in [-0.39, 0.29) is 0 Å². The SMILES string of the molecule is C=CC1=c2c(c[nH]/c2=C/C)C[C@@H]2C1CCCN2CCC.